The van der Waals surface area contributed by atoms with E-state index in [-0.39, 0.29) is 17.4 Å². The number of amides is 1. The van der Waals surface area contributed by atoms with Crippen molar-refractivity contribution in [3.8, 4) is 5.88 Å². The van der Waals surface area contributed by atoms with Gasteiger partial charge < -0.3 is 10.1 Å². The van der Waals surface area contributed by atoms with Crippen LogP contribution in [0.1, 0.15) is 41.7 Å². The Kier molecular flexibility index (Phi) is 6.07. The lowest BCUT2D eigenvalue weighted by molar-refractivity contribution is -0.118. The second-order valence-corrected chi connectivity index (χ2v) is 11.5. The Balaban J connectivity index is 1.31. The van der Waals surface area contributed by atoms with Crippen molar-refractivity contribution in [2.45, 2.75) is 50.3 Å². The van der Waals surface area contributed by atoms with E-state index in [0.717, 1.165) is 54.3 Å². The number of thiophene rings is 1. The fraction of sp³-hybridized carbons (Fsp3) is 0.435. The molecule has 1 saturated heterocycles. The summed E-state index contributed by atoms with van der Waals surface area (Å²) in [6, 6.07) is 4.85. The summed E-state index contributed by atoms with van der Waals surface area (Å²) in [7, 11) is -3.58. The molecule has 1 amide bonds. The van der Waals surface area contributed by atoms with Crippen LogP contribution in [0.2, 0.25) is 0 Å². The summed E-state index contributed by atoms with van der Waals surface area (Å²) in [5, 5.41) is 3.71. The first-order valence-electron chi connectivity index (χ1n) is 11.2. The number of aromatic nitrogens is 2. The van der Waals surface area contributed by atoms with Crippen LogP contribution < -0.4 is 10.1 Å². The molecular weight excluding hydrogens is 460 g/mol. The highest BCUT2D eigenvalue weighted by atomic mass is 32.2. The van der Waals surface area contributed by atoms with Gasteiger partial charge in [-0.25, -0.2) is 18.4 Å². The number of aryl methyl sites for hydroxylation is 3. The predicted molar refractivity (Wildman–Crippen MR) is 127 cm³/mol. The van der Waals surface area contributed by atoms with E-state index in [1.165, 1.54) is 27.1 Å². The van der Waals surface area contributed by atoms with Crippen LogP contribution in [0.15, 0.2) is 29.4 Å². The molecule has 1 N–H and O–H groups in total. The van der Waals surface area contributed by atoms with E-state index in [0.29, 0.717) is 24.7 Å². The topological polar surface area (TPSA) is 101 Å². The Morgan fingerprint density at radius 3 is 2.79 bits per heavy atom. The van der Waals surface area contributed by atoms with Gasteiger partial charge in [0.15, 0.2) is 6.61 Å². The summed E-state index contributed by atoms with van der Waals surface area (Å²) in [6.07, 6.45) is 7.39. The fourth-order valence-corrected chi connectivity index (χ4v) is 7.24. The minimum absolute atomic E-state index is 0.192. The van der Waals surface area contributed by atoms with Gasteiger partial charge in [-0.1, -0.05) is 12.5 Å². The highest BCUT2D eigenvalue weighted by Crippen LogP contribution is 2.39. The Hall–Kier alpha value is -2.56. The van der Waals surface area contributed by atoms with Crippen molar-refractivity contribution in [3.63, 3.8) is 0 Å². The van der Waals surface area contributed by atoms with Crippen molar-refractivity contribution in [2.75, 3.05) is 25.0 Å². The molecule has 0 bridgehead atoms. The molecule has 3 aromatic rings. The van der Waals surface area contributed by atoms with Crippen molar-refractivity contribution < 1.29 is 17.9 Å². The van der Waals surface area contributed by atoms with Gasteiger partial charge in [0.05, 0.1) is 10.3 Å². The van der Waals surface area contributed by atoms with Gasteiger partial charge in [0.2, 0.25) is 15.9 Å². The Morgan fingerprint density at radius 2 is 1.97 bits per heavy atom. The number of hydrogen-bond donors (Lipinski definition) is 1. The molecule has 2 aliphatic rings. The van der Waals surface area contributed by atoms with Crippen molar-refractivity contribution in [1.82, 2.24) is 14.3 Å². The minimum Gasteiger partial charge on any atom is -0.467 e. The third-order valence-corrected chi connectivity index (χ3v) is 9.34. The molecule has 2 aromatic heterocycles. The highest BCUT2D eigenvalue weighted by molar-refractivity contribution is 7.89. The van der Waals surface area contributed by atoms with E-state index in [9.17, 15) is 13.2 Å². The number of hydrogen-bond acceptors (Lipinski definition) is 7. The number of fused-ring (bicyclic) bond motifs is 3. The number of piperidine rings is 1. The zero-order valence-electron chi connectivity index (χ0n) is 18.5. The fourth-order valence-electron chi connectivity index (χ4n) is 4.48. The van der Waals surface area contributed by atoms with Crippen LogP contribution in [0.25, 0.3) is 10.2 Å². The first kappa shape index (κ1) is 22.2. The number of nitrogens with one attached hydrogen (secondary N) is 1. The normalized spacial score (nSPS) is 16.6. The molecule has 0 atom stereocenters. The van der Waals surface area contributed by atoms with E-state index in [4.69, 9.17) is 4.74 Å². The van der Waals surface area contributed by atoms with Crippen LogP contribution in [-0.2, 0) is 27.7 Å². The number of benzene rings is 1. The molecule has 0 unspecified atom stereocenters. The van der Waals surface area contributed by atoms with Crippen LogP contribution in [0.5, 0.6) is 5.88 Å². The van der Waals surface area contributed by atoms with E-state index in [1.807, 2.05) is 6.92 Å². The van der Waals surface area contributed by atoms with Crippen molar-refractivity contribution >= 4 is 43.2 Å². The third kappa shape index (κ3) is 4.34. The first-order chi connectivity index (χ1) is 15.9. The Bertz CT molecular complexity index is 1310. The summed E-state index contributed by atoms with van der Waals surface area (Å²) >= 11 is 1.66. The zero-order chi connectivity index (χ0) is 23.0. The lowest BCUT2D eigenvalue weighted by atomic mass is 10.2. The van der Waals surface area contributed by atoms with Crippen LogP contribution in [-0.4, -0.2) is 48.3 Å². The maximum atomic E-state index is 13.0. The molecule has 1 aromatic carbocycles. The molecule has 3 heterocycles. The molecule has 0 saturated carbocycles. The Morgan fingerprint density at radius 1 is 1.15 bits per heavy atom. The lowest BCUT2D eigenvalue weighted by Crippen LogP contribution is -2.35. The number of rotatable bonds is 6. The smallest absolute Gasteiger partial charge is 0.262 e. The van der Waals surface area contributed by atoms with Crippen LogP contribution in [0.3, 0.4) is 0 Å². The van der Waals surface area contributed by atoms with Crippen LogP contribution >= 0.6 is 11.3 Å². The van der Waals surface area contributed by atoms with Crippen molar-refractivity contribution in [2.24, 2.45) is 0 Å². The van der Waals surface area contributed by atoms with Gasteiger partial charge in [0.1, 0.15) is 11.2 Å². The van der Waals surface area contributed by atoms with Gasteiger partial charge in [0.25, 0.3) is 5.91 Å². The van der Waals surface area contributed by atoms with Gasteiger partial charge in [0, 0.05) is 23.7 Å². The van der Waals surface area contributed by atoms with Gasteiger partial charge in [-0.15, -0.1) is 11.3 Å². The molecule has 0 spiro atoms. The van der Waals surface area contributed by atoms with E-state index in [1.54, 1.807) is 23.5 Å². The molecule has 10 heteroatoms. The number of anilines is 1. The summed E-state index contributed by atoms with van der Waals surface area (Å²) in [5.41, 5.74) is 2.48. The monoisotopic (exact) mass is 486 g/mol. The van der Waals surface area contributed by atoms with E-state index in [2.05, 4.69) is 15.3 Å². The third-order valence-electron chi connectivity index (χ3n) is 6.24. The molecule has 1 aliphatic heterocycles. The number of nitrogens with zero attached hydrogens (tertiary/aromatic N) is 3. The van der Waals surface area contributed by atoms with Crippen LogP contribution in [0.4, 0.5) is 5.69 Å². The molecule has 5 rings (SSSR count). The maximum absolute atomic E-state index is 13.0. The molecule has 174 valence electrons. The van der Waals surface area contributed by atoms with E-state index < -0.39 is 10.0 Å². The molecule has 0 radical (unpaired) electrons. The SMILES string of the molecule is Cc1ccc(S(=O)(=O)N2CCCCC2)cc1NC(=O)COc1ncnc2sc3c(c12)CCC3. The zero-order valence-corrected chi connectivity index (χ0v) is 20.1. The second kappa shape index (κ2) is 9.00. The van der Waals surface area contributed by atoms with Crippen molar-refractivity contribution in [3.05, 3.63) is 40.5 Å². The number of sulfonamides is 1. The quantitative estimate of drug-likeness (QED) is 0.570. The van der Waals surface area contributed by atoms with Crippen molar-refractivity contribution in [1.29, 1.82) is 0 Å². The average Bonchev–Trinajstić information content (AvgIpc) is 3.41. The van der Waals surface area contributed by atoms with Gasteiger partial charge in [-0.3, -0.25) is 4.79 Å². The number of carbonyl (C=O) groups is 1. The standard InChI is InChI=1S/C23H26N4O4S2/c1-15-8-9-16(33(29,30)27-10-3-2-4-11-27)12-18(15)26-20(28)13-31-22-21-17-6-5-7-19(17)32-23(21)25-14-24-22/h8-9,12,14H,2-7,10-11,13H2,1H3,(H,26,28). The van der Waals surface area contributed by atoms with E-state index >= 15 is 0 Å². The summed E-state index contributed by atoms with van der Waals surface area (Å²) in [5.74, 6) is 0.0527. The van der Waals surface area contributed by atoms with Gasteiger partial charge >= 0.3 is 0 Å². The molecule has 33 heavy (non-hydrogen) atoms. The summed E-state index contributed by atoms with van der Waals surface area (Å²) in [6.45, 7) is 2.67. The summed E-state index contributed by atoms with van der Waals surface area (Å²) in [4.78, 5) is 23.7. The minimum atomic E-state index is -3.58. The van der Waals surface area contributed by atoms with Crippen LogP contribution in [0, 0.1) is 6.92 Å². The molecule has 1 fully saturated rings. The molecule has 8 nitrogen and oxygen atoms in total. The molecule has 1 aliphatic carbocycles. The molecular formula is C23H26N4O4S2. The van der Waals surface area contributed by atoms with Gasteiger partial charge in [-0.2, -0.15) is 4.31 Å². The highest BCUT2D eigenvalue weighted by Gasteiger charge is 2.27. The number of ether oxygens (including phenoxy) is 1. The number of carbonyl (C=O) groups excluding carboxylic acids is 1. The maximum Gasteiger partial charge on any atom is 0.262 e. The predicted octanol–water partition coefficient (Wildman–Crippen LogP) is 3.68. The van der Waals surface area contributed by atoms with Gasteiger partial charge in [-0.05, 0) is 62.3 Å². The lowest BCUT2D eigenvalue weighted by Gasteiger charge is -2.26. The second-order valence-electron chi connectivity index (χ2n) is 8.49. The largest absolute Gasteiger partial charge is 0.467 e. The first-order valence-corrected chi connectivity index (χ1v) is 13.5. The Labute approximate surface area is 197 Å². The average molecular weight is 487 g/mol. The summed E-state index contributed by atoms with van der Waals surface area (Å²) < 4.78 is 33.3.